The second kappa shape index (κ2) is 7.17. The van der Waals surface area contributed by atoms with Crippen molar-refractivity contribution in [2.45, 2.75) is 38.0 Å². The van der Waals surface area contributed by atoms with E-state index in [1.54, 1.807) is 0 Å². The summed E-state index contributed by atoms with van der Waals surface area (Å²) in [5, 5.41) is 14.0. The molecule has 0 aromatic carbocycles. The molecular weight excluding hydrogens is 240 g/mol. The Labute approximate surface area is 106 Å². The van der Waals surface area contributed by atoms with Gasteiger partial charge in [-0.05, 0) is 19.8 Å². The molecule has 2 amide bonds. The number of nitrogens with one attached hydrogen (secondary N) is 2. The minimum Gasteiger partial charge on any atom is -0.479 e. The van der Waals surface area contributed by atoms with E-state index in [1.165, 1.54) is 7.11 Å². The number of carboxylic acids is 1. The number of methoxy groups -OCH3 is 1. The first-order valence-electron chi connectivity index (χ1n) is 5.94. The molecule has 1 saturated heterocycles. The van der Waals surface area contributed by atoms with Crippen LogP contribution in [0.2, 0.25) is 0 Å². The summed E-state index contributed by atoms with van der Waals surface area (Å²) in [6.45, 7) is 2.52. The van der Waals surface area contributed by atoms with Crippen LogP contribution in [0.1, 0.15) is 19.8 Å². The molecule has 0 aromatic rings. The number of amides is 2. The average molecular weight is 260 g/mol. The molecule has 3 N–H and O–H groups in total. The third kappa shape index (κ3) is 4.89. The molecule has 1 aliphatic rings. The molecule has 0 saturated carbocycles. The first kappa shape index (κ1) is 14.7. The summed E-state index contributed by atoms with van der Waals surface area (Å²) in [5.41, 5.74) is 0. The fourth-order valence-corrected chi connectivity index (χ4v) is 1.82. The van der Waals surface area contributed by atoms with Crippen LogP contribution >= 0.6 is 0 Å². The molecule has 1 heterocycles. The lowest BCUT2D eigenvalue weighted by Crippen LogP contribution is -2.48. The molecule has 7 heteroatoms. The number of carbonyl (C=O) groups excluding carboxylic acids is 1. The van der Waals surface area contributed by atoms with Gasteiger partial charge in [0.25, 0.3) is 0 Å². The first-order valence-corrected chi connectivity index (χ1v) is 5.94. The van der Waals surface area contributed by atoms with E-state index in [-0.39, 0.29) is 24.7 Å². The summed E-state index contributed by atoms with van der Waals surface area (Å²) < 4.78 is 10.1. The van der Waals surface area contributed by atoms with Gasteiger partial charge in [0.1, 0.15) is 0 Å². The van der Waals surface area contributed by atoms with E-state index >= 15 is 0 Å². The lowest BCUT2D eigenvalue weighted by molar-refractivity contribution is -0.147. The van der Waals surface area contributed by atoms with Crippen molar-refractivity contribution in [3.8, 4) is 0 Å². The zero-order valence-electron chi connectivity index (χ0n) is 10.6. The summed E-state index contributed by atoms with van der Waals surface area (Å²) in [6, 6.07) is -0.308. The summed E-state index contributed by atoms with van der Waals surface area (Å²) in [5.74, 6) is -1.10. The summed E-state index contributed by atoms with van der Waals surface area (Å²) in [7, 11) is 1.29. The number of ether oxygens (including phenoxy) is 2. The number of carbonyl (C=O) groups is 2. The van der Waals surface area contributed by atoms with Gasteiger partial charge in [-0.2, -0.15) is 0 Å². The Hall–Kier alpha value is -1.34. The molecule has 18 heavy (non-hydrogen) atoms. The SMILES string of the molecule is COC(CNC(=O)NC1CCOC(C)C1)C(=O)O. The van der Waals surface area contributed by atoms with Crippen LogP contribution < -0.4 is 10.6 Å². The van der Waals surface area contributed by atoms with Crippen molar-refractivity contribution in [1.29, 1.82) is 0 Å². The smallest absolute Gasteiger partial charge is 0.334 e. The van der Waals surface area contributed by atoms with E-state index in [0.717, 1.165) is 12.8 Å². The molecule has 1 aliphatic heterocycles. The van der Waals surface area contributed by atoms with Gasteiger partial charge >= 0.3 is 12.0 Å². The fourth-order valence-electron chi connectivity index (χ4n) is 1.82. The third-order valence-corrected chi connectivity index (χ3v) is 2.83. The maximum Gasteiger partial charge on any atom is 0.334 e. The zero-order chi connectivity index (χ0) is 13.5. The van der Waals surface area contributed by atoms with Crippen molar-refractivity contribution in [3.05, 3.63) is 0 Å². The van der Waals surface area contributed by atoms with E-state index in [9.17, 15) is 9.59 Å². The second-order valence-electron chi connectivity index (χ2n) is 4.32. The highest BCUT2D eigenvalue weighted by Crippen LogP contribution is 2.12. The van der Waals surface area contributed by atoms with Crippen molar-refractivity contribution in [1.82, 2.24) is 10.6 Å². The molecule has 104 valence electrons. The maximum atomic E-state index is 11.5. The molecule has 3 unspecified atom stereocenters. The van der Waals surface area contributed by atoms with Gasteiger partial charge in [-0.1, -0.05) is 0 Å². The van der Waals surface area contributed by atoms with E-state index in [1.807, 2.05) is 6.92 Å². The Balaban J connectivity index is 2.26. The van der Waals surface area contributed by atoms with Crippen LogP contribution in [-0.2, 0) is 14.3 Å². The molecule has 7 nitrogen and oxygen atoms in total. The van der Waals surface area contributed by atoms with Gasteiger partial charge in [-0.25, -0.2) is 9.59 Å². The number of hydrogen-bond donors (Lipinski definition) is 3. The van der Waals surface area contributed by atoms with E-state index in [2.05, 4.69) is 10.6 Å². The number of rotatable bonds is 5. The molecule has 0 bridgehead atoms. The topological polar surface area (TPSA) is 96.9 Å². The zero-order valence-corrected chi connectivity index (χ0v) is 10.6. The minimum absolute atomic E-state index is 0.0591. The maximum absolute atomic E-state index is 11.5. The predicted molar refractivity (Wildman–Crippen MR) is 63.4 cm³/mol. The van der Waals surface area contributed by atoms with Crippen LogP contribution in [0.25, 0.3) is 0 Å². The van der Waals surface area contributed by atoms with Crippen LogP contribution in [0.4, 0.5) is 4.79 Å². The van der Waals surface area contributed by atoms with Gasteiger partial charge < -0.3 is 25.2 Å². The number of carboxylic acid groups (broad SMARTS) is 1. The monoisotopic (exact) mass is 260 g/mol. The Morgan fingerprint density at radius 3 is 2.83 bits per heavy atom. The van der Waals surface area contributed by atoms with Gasteiger partial charge in [0.05, 0.1) is 12.6 Å². The first-order chi connectivity index (χ1) is 8.52. The summed E-state index contributed by atoms with van der Waals surface area (Å²) in [6.07, 6.45) is 0.643. The van der Waals surface area contributed by atoms with Crippen LogP contribution in [0, 0.1) is 0 Å². The van der Waals surface area contributed by atoms with Gasteiger partial charge in [0.2, 0.25) is 0 Å². The number of hydrogen-bond acceptors (Lipinski definition) is 4. The number of urea groups is 1. The highest BCUT2D eigenvalue weighted by molar-refractivity contribution is 5.77. The van der Waals surface area contributed by atoms with Crippen LogP contribution in [0.15, 0.2) is 0 Å². The Morgan fingerprint density at radius 2 is 2.28 bits per heavy atom. The largest absolute Gasteiger partial charge is 0.479 e. The van der Waals surface area contributed by atoms with Crippen molar-refractivity contribution in [3.63, 3.8) is 0 Å². The Kier molecular flexibility index (Phi) is 5.87. The molecule has 0 aliphatic carbocycles. The van der Waals surface area contributed by atoms with Gasteiger partial charge in [-0.3, -0.25) is 0 Å². The van der Waals surface area contributed by atoms with E-state index in [0.29, 0.717) is 6.61 Å². The van der Waals surface area contributed by atoms with E-state index in [4.69, 9.17) is 14.6 Å². The second-order valence-corrected chi connectivity index (χ2v) is 4.32. The molecule has 1 fully saturated rings. The van der Waals surface area contributed by atoms with Gasteiger partial charge in [0.15, 0.2) is 6.10 Å². The van der Waals surface area contributed by atoms with Crippen molar-refractivity contribution >= 4 is 12.0 Å². The molecule has 0 spiro atoms. The van der Waals surface area contributed by atoms with Crippen LogP contribution in [-0.4, -0.2) is 55.6 Å². The predicted octanol–water partition coefficient (Wildman–Crippen LogP) is -0.0473. The Morgan fingerprint density at radius 1 is 1.56 bits per heavy atom. The van der Waals surface area contributed by atoms with Crippen LogP contribution in [0.5, 0.6) is 0 Å². The normalized spacial score (nSPS) is 25.2. The van der Waals surface area contributed by atoms with Gasteiger partial charge in [0, 0.05) is 19.8 Å². The van der Waals surface area contributed by atoms with Gasteiger partial charge in [-0.15, -0.1) is 0 Å². The lowest BCUT2D eigenvalue weighted by Gasteiger charge is -2.28. The van der Waals surface area contributed by atoms with E-state index < -0.39 is 12.1 Å². The van der Waals surface area contributed by atoms with Crippen molar-refractivity contribution in [2.24, 2.45) is 0 Å². The average Bonchev–Trinajstić information content (AvgIpc) is 2.29. The highest BCUT2D eigenvalue weighted by atomic mass is 16.5. The molecule has 3 atom stereocenters. The van der Waals surface area contributed by atoms with Crippen molar-refractivity contribution < 1.29 is 24.2 Å². The molecular formula is C11H20N2O5. The quantitative estimate of drug-likeness (QED) is 0.644. The fraction of sp³-hybridized carbons (Fsp3) is 0.818. The highest BCUT2D eigenvalue weighted by Gasteiger charge is 2.22. The summed E-state index contributed by atoms with van der Waals surface area (Å²) in [4.78, 5) is 22.2. The lowest BCUT2D eigenvalue weighted by atomic mass is 10.0. The van der Waals surface area contributed by atoms with Crippen molar-refractivity contribution in [2.75, 3.05) is 20.3 Å². The minimum atomic E-state index is -1.10. The third-order valence-electron chi connectivity index (χ3n) is 2.83. The molecule has 1 rings (SSSR count). The number of aliphatic carboxylic acids is 1. The summed E-state index contributed by atoms with van der Waals surface area (Å²) >= 11 is 0. The Bertz CT molecular complexity index is 297. The molecule has 0 aromatic heterocycles. The van der Waals surface area contributed by atoms with Crippen LogP contribution in [0.3, 0.4) is 0 Å². The standard InChI is InChI=1S/C11H20N2O5/c1-7-5-8(3-4-18-7)13-11(16)12-6-9(17-2)10(14)15/h7-9H,3-6H2,1-2H3,(H,14,15)(H2,12,13,16). The molecule has 0 radical (unpaired) electrons.